The highest BCUT2D eigenvalue weighted by Crippen LogP contribution is 2.41. The fourth-order valence-corrected chi connectivity index (χ4v) is 3.60. The van der Waals surface area contributed by atoms with Gasteiger partial charge in [-0.2, -0.15) is 4.99 Å². The molecule has 1 aromatic carbocycles. The molecule has 0 aliphatic carbocycles. The van der Waals surface area contributed by atoms with Crippen LogP contribution in [-0.4, -0.2) is 33.8 Å². The fourth-order valence-electron chi connectivity index (χ4n) is 2.78. The van der Waals surface area contributed by atoms with Crippen LogP contribution in [0.25, 0.3) is 5.69 Å². The number of ether oxygens (including phenoxy) is 2. The van der Waals surface area contributed by atoms with Crippen molar-refractivity contribution in [3.8, 4) is 17.2 Å². The van der Waals surface area contributed by atoms with Crippen molar-refractivity contribution in [1.82, 2.24) is 14.5 Å². The zero-order chi connectivity index (χ0) is 20.6. The number of carbonyl (C=O) groups is 1. The number of nitrogens with zero attached hydrogens (tertiary/aromatic N) is 4. The van der Waals surface area contributed by atoms with Gasteiger partial charge in [0.25, 0.3) is 0 Å². The van der Waals surface area contributed by atoms with Crippen molar-refractivity contribution in [2.45, 2.75) is 19.8 Å². The van der Waals surface area contributed by atoms with E-state index in [2.05, 4.69) is 19.5 Å². The van der Waals surface area contributed by atoms with Crippen LogP contribution in [0.2, 0.25) is 0 Å². The predicted octanol–water partition coefficient (Wildman–Crippen LogP) is 3.72. The summed E-state index contributed by atoms with van der Waals surface area (Å²) in [4.78, 5) is 23.7. The Hall–Kier alpha value is -3.27. The van der Waals surface area contributed by atoms with E-state index in [1.54, 1.807) is 36.1 Å². The van der Waals surface area contributed by atoms with E-state index in [1.807, 2.05) is 19.1 Å². The van der Waals surface area contributed by atoms with Gasteiger partial charge in [0.05, 0.1) is 17.9 Å². The molecule has 0 unspecified atom stereocenters. The van der Waals surface area contributed by atoms with Crippen LogP contribution in [0.4, 0.5) is 13.6 Å². The molecule has 0 saturated heterocycles. The molecule has 0 fully saturated rings. The van der Waals surface area contributed by atoms with Gasteiger partial charge in [0.15, 0.2) is 16.3 Å². The minimum atomic E-state index is -3.69. The van der Waals surface area contributed by atoms with Crippen LogP contribution < -0.4 is 14.3 Å². The van der Waals surface area contributed by atoms with Gasteiger partial charge in [0.1, 0.15) is 0 Å². The lowest BCUT2D eigenvalue weighted by molar-refractivity contribution is -0.286. The van der Waals surface area contributed by atoms with Crippen molar-refractivity contribution >= 4 is 17.4 Å². The Morgan fingerprint density at radius 2 is 2.07 bits per heavy atom. The second kappa shape index (κ2) is 7.28. The molecule has 7 nitrogen and oxygen atoms in total. The van der Waals surface area contributed by atoms with Gasteiger partial charge in [-0.3, -0.25) is 9.55 Å². The Bertz CT molecular complexity index is 1130. The zero-order valence-corrected chi connectivity index (χ0v) is 16.3. The summed E-state index contributed by atoms with van der Waals surface area (Å²) in [7, 11) is 1.63. The minimum Gasteiger partial charge on any atom is -0.395 e. The van der Waals surface area contributed by atoms with Crippen LogP contribution in [-0.2, 0) is 6.54 Å². The number of pyridine rings is 1. The van der Waals surface area contributed by atoms with Crippen molar-refractivity contribution in [2.24, 2.45) is 4.99 Å². The molecule has 2 amide bonds. The molecule has 3 aromatic rings. The summed E-state index contributed by atoms with van der Waals surface area (Å²) in [5.74, 6) is -0.121. The lowest BCUT2D eigenvalue weighted by atomic mass is 10.3. The summed E-state index contributed by atoms with van der Waals surface area (Å²) in [6.45, 7) is 2.18. The summed E-state index contributed by atoms with van der Waals surface area (Å²) in [5.41, 5.74) is 1.26. The van der Waals surface area contributed by atoms with E-state index in [4.69, 9.17) is 0 Å². The highest BCUT2D eigenvalue weighted by molar-refractivity contribution is 7.09. The van der Waals surface area contributed by atoms with Crippen LogP contribution in [0, 0.1) is 6.92 Å². The van der Waals surface area contributed by atoms with Crippen LogP contribution in [0.5, 0.6) is 11.5 Å². The molecule has 4 rings (SSSR count). The minimum absolute atomic E-state index is 0.0454. The maximum absolute atomic E-state index is 13.3. The van der Waals surface area contributed by atoms with Crippen LogP contribution in [0.15, 0.2) is 53.8 Å². The molecule has 0 atom stereocenters. The number of alkyl halides is 2. The number of thiazole rings is 1. The van der Waals surface area contributed by atoms with Gasteiger partial charge < -0.3 is 14.4 Å². The molecule has 3 heterocycles. The zero-order valence-electron chi connectivity index (χ0n) is 15.5. The second-order valence-corrected chi connectivity index (χ2v) is 7.58. The maximum Gasteiger partial charge on any atom is 0.586 e. The van der Waals surface area contributed by atoms with E-state index in [-0.39, 0.29) is 11.5 Å². The van der Waals surface area contributed by atoms with Gasteiger partial charge in [-0.1, -0.05) is 6.07 Å². The van der Waals surface area contributed by atoms with Gasteiger partial charge >= 0.3 is 12.3 Å². The predicted molar refractivity (Wildman–Crippen MR) is 101 cm³/mol. The smallest absolute Gasteiger partial charge is 0.395 e. The first-order valence-electron chi connectivity index (χ1n) is 8.60. The number of aryl methyl sites for hydroxylation is 1. The Kier molecular flexibility index (Phi) is 4.79. The van der Waals surface area contributed by atoms with E-state index < -0.39 is 12.3 Å². The number of benzene rings is 1. The summed E-state index contributed by atoms with van der Waals surface area (Å²) in [5, 5.41) is 0. The second-order valence-electron chi connectivity index (χ2n) is 6.36. The molecular weight excluding hydrogens is 402 g/mol. The molecule has 1 aliphatic rings. The number of carbonyl (C=O) groups excluding carboxylic acids is 1. The number of aromatic nitrogens is 2. The van der Waals surface area contributed by atoms with Gasteiger partial charge in [-0.25, -0.2) is 4.79 Å². The van der Waals surface area contributed by atoms with Crippen LogP contribution >= 0.6 is 11.3 Å². The van der Waals surface area contributed by atoms with Crippen molar-refractivity contribution < 1.29 is 23.0 Å². The summed E-state index contributed by atoms with van der Waals surface area (Å²) >= 11 is 1.31. The number of hydrogen-bond donors (Lipinski definition) is 0. The van der Waals surface area contributed by atoms with Crippen LogP contribution in [0.3, 0.4) is 0 Å². The Morgan fingerprint density at radius 1 is 1.28 bits per heavy atom. The van der Waals surface area contributed by atoms with E-state index in [0.717, 1.165) is 10.6 Å². The highest BCUT2D eigenvalue weighted by atomic mass is 32.1. The van der Waals surface area contributed by atoms with Crippen molar-refractivity contribution in [3.63, 3.8) is 0 Å². The quantitative estimate of drug-likeness (QED) is 0.650. The fraction of sp³-hybridized carbons (Fsp3) is 0.211. The van der Waals surface area contributed by atoms with Gasteiger partial charge in [-0.05, 0) is 31.2 Å². The van der Waals surface area contributed by atoms with E-state index in [9.17, 15) is 13.6 Å². The molecule has 2 aromatic heterocycles. The number of amides is 2. The molecule has 0 bridgehead atoms. The van der Waals surface area contributed by atoms with Gasteiger partial charge in [-0.15, -0.1) is 20.1 Å². The number of urea groups is 1. The lowest BCUT2D eigenvalue weighted by Crippen LogP contribution is -2.26. The molecule has 150 valence electrons. The first kappa shape index (κ1) is 19.1. The monoisotopic (exact) mass is 418 g/mol. The number of hydrogen-bond acceptors (Lipinski definition) is 5. The third kappa shape index (κ3) is 4.11. The van der Waals surface area contributed by atoms with Crippen molar-refractivity contribution in [1.29, 1.82) is 0 Å². The SMILES string of the molecule is Cc1cn(-c2ccc3c(c2)OC(F)(F)O3)c(=NC(=O)N(C)Cc2ccccn2)s1. The number of fused-ring (bicyclic) bond motifs is 1. The van der Waals surface area contributed by atoms with E-state index >= 15 is 0 Å². The standard InChI is InChI=1S/C19H16F2N4O3S/c1-12-10-25(14-6-7-15-16(9-14)28-19(20,21)27-15)18(29-12)23-17(26)24(2)11-13-5-3-4-8-22-13/h3-10H,11H2,1-2H3. The molecule has 0 N–H and O–H groups in total. The maximum atomic E-state index is 13.3. The lowest BCUT2D eigenvalue weighted by Gasteiger charge is -2.13. The average molecular weight is 418 g/mol. The van der Waals surface area contributed by atoms with E-state index in [0.29, 0.717) is 17.0 Å². The van der Waals surface area contributed by atoms with Gasteiger partial charge in [0.2, 0.25) is 0 Å². The van der Waals surface area contributed by atoms with E-state index in [1.165, 1.54) is 28.4 Å². The van der Waals surface area contributed by atoms with Crippen molar-refractivity contribution in [3.05, 3.63) is 64.2 Å². The molecule has 0 radical (unpaired) electrons. The molecular formula is C19H16F2N4O3S. The number of halogens is 2. The average Bonchev–Trinajstić information content (AvgIpc) is 3.19. The molecule has 29 heavy (non-hydrogen) atoms. The molecule has 10 heteroatoms. The summed E-state index contributed by atoms with van der Waals surface area (Å²) < 4.78 is 37.1. The van der Waals surface area contributed by atoms with Crippen LogP contribution in [0.1, 0.15) is 10.6 Å². The van der Waals surface area contributed by atoms with Crippen molar-refractivity contribution in [2.75, 3.05) is 7.05 Å². The molecule has 1 aliphatic heterocycles. The topological polar surface area (TPSA) is 69.0 Å². The first-order valence-corrected chi connectivity index (χ1v) is 9.41. The highest BCUT2D eigenvalue weighted by Gasteiger charge is 2.43. The molecule has 0 saturated carbocycles. The first-order chi connectivity index (χ1) is 13.8. The van der Waals surface area contributed by atoms with Gasteiger partial charge in [0, 0.05) is 30.4 Å². The number of rotatable bonds is 3. The Labute approximate surface area is 168 Å². The largest absolute Gasteiger partial charge is 0.586 e. The Balaban J connectivity index is 1.63. The molecule has 0 spiro atoms. The summed E-state index contributed by atoms with van der Waals surface area (Å²) in [6, 6.07) is 9.43. The summed E-state index contributed by atoms with van der Waals surface area (Å²) in [6.07, 6.45) is -0.261. The third-order valence-corrected chi connectivity index (χ3v) is 4.97. The normalized spacial score (nSPS) is 14.8. The Morgan fingerprint density at radius 3 is 2.83 bits per heavy atom. The third-order valence-electron chi connectivity index (χ3n) is 4.08.